The molecule has 0 aromatic rings. The number of rotatable bonds is 1. The van der Waals surface area contributed by atoms with Gasteiger partial charge in [0.05, 0.1) is 4.22 Å². The van der Waals surface area contributed by atoms with Crippen LogP contribution in [0.1, 0.15) is 0 Å². The molecule has 0 rings (SSSR count). The van der Waals surface area contributed by atoms with Crippen LogP contribution in [0.3, 0.4) is 0 Å². The minimum atomic E-state index is 1.27. The Morgan fingerprint density at radius 3 is 2.50 bits per heavy atom. The van der Waals surface area contributed by atoms with E-state index in [4.69, 9.17) is 0 Å². The van der Waals surface area contributed by atoms with Crippen molar-refractivity contribution in [2.45, 2.75) is 0 Å². The van der Waals surface area contributed by atoms with Gasteiger partial charge >= 0.3 is 0 Å². The highest BCUT2D eigenvalue weighted by Crippen LogP contribution is 1.66. The average Bonchev–Trinajstić information content (AvgIpc) is 1.61. The number of hydrogen-bond donors (Lipinski definition) is 1. The summed E-state index contributed by atoms with van der Waals surface area (Å²) in [6, 6.07) is 0. The first-order chi connectivity index (χ1) is 2.91. The van der Waals surface area contributed by atoms with Gasteiger partial charge in [0.25, 0.3) is 0 Å². The molecule has 0 saturated heterocycles. The fraction of sp³-hybridized carbons (Fsp3) is 0. The maximum atomic E-state index is 4.67. The predicted molar refractivity (Wildman–Crippen MR) is 35.2 cm³/mol. The third kappa shape index (κ3) is 3.87. The van der Waals surface area contributed by atoms with Crippen molar-refractivity contribution in [3.8, 4) is 0 Å². The first-order valence-corrected chi connectivity index (χ1v) is 2.50. The lowest BCUT2D eigenvalue weighted by Crippen LogP contribution is -1.76. The molecule has 0 fully saturated rings. The first kappa shape index (κ1) is 5.87. The number of nitrogens with two attached hydrogens (primary N) is 1. The maximum absolute atomic E-state index is 4.67. The van der Waals surface area contributed by atoms with E-state index in [1.807, 2.05) is 22.6 Å². The summed E-state index contributed by atoms with van der Waals surface area (Å²) in [6.07, 6.45) is 1.27. The Kier molecular flexibility index (Phi) is 4.76. The van der Waals surface area contributed by atoms with Crippen LogP contribution in [-0.4, -0.2) is 10.6 Å². The van der Waals surface area contributed by atoms with Gasteiger partial charge in [-0.05, 0) is 22.6 Å². The van der Waals surface area contributed by atoms with Crippen LogP contribution in [0.5, 0.6) is 0 Å². The van der Waals surface area contributed by atoms with E-state index in [9.17, 15) is 0 Å². The second-order valence-electron chi connectivity index (χ2n) is 0.511. The Balaban J connectivity index is 3.07. The van der Waals surface area contributed by atoms with Gasteiger partial charge in [-0.25, -0.2) is 4.99 Å². The van der Waals surface area contributed by atoms with Gasteiger partial charge in [-0.3, -0.25) is 0 Å². The Hall–Kier alpha value is -0.130. The maximum Gasteiger partial charge on any atom is 0.135 e. The topological polar surface area (TPSA) is 50.7 Å². The first-order valence-electron chi connectivity index (χ1n) is 1.25. The van der Waals surface area contributed by atoms with Crippen molar-refractivity contribution in [2.75, 3.05) is 0 Å². The molecule has 6 heavy (non-hydrogen) atoms. The van der Waals surface area contributed by atoms with Gasteiger partial charge in [0.15, 0.2) is 0 Å². The van der Waals surface area contributed by atoms with Gasteiger partial charge in [0.2, 0.25) is 0 Å². The van der Waals surface area contributed by atoms with E-state index in [2.05, 4.69) is 15.9 Å². The highest BCUT2D eigenvalue weighted by Gasteiger charge is 1.50. The molecule has 0 aliphatic heterocycles. The molecular weight excluding hydrogens is 193 g/mol. The van der Waals surface area contributed by atoms with E-state index >= 15 is 0 Å². The van der Waals surface area contributed by atoms with Gasteiger partial charge in [-0.1, -0.05) is 0 Å². The van der Waals surface area contributed by atoms with E-state index in [1.54, 1.807) is 4.22 Å². The summed E-state index contributed by atoms with van der Waals surface area (Å²) in [5.41, 5.74) is 0. The molecular formula is C2H4IN3. The van der Waals surface area contributed by atoms with E-state index in [0.29, 0.717) is 0 Å². The molecule has 0 bridgehead atoms. The van der Waals surface area contributed by atoms with E-state index in [0.717, 1.165) is 0 Å². The lowest BCUT2D eigenvalue weighted by atomic mass is 11.3. The van der Waals surface area contributed by atoms with Gasteiger partial charge in [-0.2, -0.15) is 5.10 Å². The van der Waals surface area contributed by atoms with E-state index in [-0.39, 0.29) is 0 Å². The van der Waals surface area contributed by atoms with Crippen LogP contribution in [0.4, 0.5) is 0 Å². The van der Waals surface area contributed by atoms with Gasteiger partial charge in [0, 0.05) is 0 Å². The van der Waals surface area contributed by atoms with E-state index < -0.39 is 0 Å². The van der Waals surface area contributed by atoms with Crippen molar-refractivity contribution in [1.29, 1.82) is 0 Å². The number of hydrogen-bond acceptors (Lipinski definition) is 2. The summed E-state index contributed by atoms with van der Waals surface area (Å²) >= 11 is 1.97. The molecule has 0 aromatic heterocycles. The largest absolute Gasteiger partial charge is 0.322 e. The van der Waals surface area contributed by atoms with Crippen LogP contribution in [0, 0.1) is 0 Å². The summed E-state index contributed by atoms with van der Waals surface area (Å²) in [5, 5.41) is 3.10. The zero-order chi connectivity index (χ0) is 4.83. The summed E-state index contributed by atoms with van der Waals surface area (Å²) in [6.45, 7) is 0. The van der Waals surface area contributed by atoms with Crippen molar-refractivity contribution in [2.24, 2.45) is 15.9 Å². The molecule has 0 aliphatic carbocycles. The van der Waals surface area contributed by atoms with E-state index in [1.165, 1.54) is 6.34 Å². The highest BCUT2D eigenvalue weighted by molar-refractivity contribution is 14.1. The summed E-state index contributed by atoms with van der Waals surface area (Å²) < 4.78 is 1.58. The monoisotopic (exact) mass is 197 g/mol. The fourth-order valence-corrected chi connectivity index (χ4v) is 0.208. The van der Waals surface area contributed by atoms with Crippen LogP contribution in [0.25, 0.3) is 0 Å². The second kappa shape index (κ2) is 4.87. The Labute approximate surface area is 49.5 Å². The van der Waals surface area contributed by atoms with Crippen molar-refractivity contribution in [3.63, 3.8) is 0 Å². The molecule has 0 unspecified atom stereocenters. The number of aliphatic imine (C=N–C) groups is 1. The normalized spacial score (nSPS) is 11.5. The standard InChI is InChI=1S/C2H4IN3/c3-1-5-2-6-4/h1-2H,4H2/b5-1?,6-2-. The minimum Gasteiger partial charge on any atom is -0.322 e. The second-order valence-corrected chi connectivity index (χ2v) is 1.07. The van der Waals surface area contributed by atoms with Crippen molar-refractivity contribution < 1.29 is 0 Å². The zero-order valence-corrected chi connectivity index (χ0v) is 5.16. The molecule has 0 aromatic carbocycles. The number of nitrogens with zero attached hydrogens (tertiary/aromatic N) is 2. The molecule has 2 N–H and O–H groups in total. The fourth-order valence-electron chi connectivity index (χ4n) is 0.0637. The number of halogens is 1. The molecule has 0 heterocycles. The third-order valence-electron chi connectivity index (χ3n) is 0.190. The Morgan fingerprint density at radius 2 is 2.33 bits per heavy atom. The van der Waals surface area contributed by atoms with Crippen LogP contribution in [-0.2, 0) is 0 Å². The molecule has 0 amide bonds. The summed E-state index contributed by atoms with van der Waals surface area (Å²) in [5.74, 6) is 4.67. The lowest BCUT2D eigenvalue weighted by molar-refractivity contribution is 1.26. The molecule has 0 saturated carbocycles. The quantitative estimate of drug-likeness (QED) is 0.213. The minimum absolute atomic E-state index is 1.27. The molecule has 4 heteroatoms. The van der Waals surface area contributed by atoms with Crippen molar-refractivity contribution in [3.05, 3.63) is 0 Å². The van der Waals surface area contributed by atoms with Crippen LogP contribution in [0.2, 0.25) is 0 Å². The average molecular weight is 197 g/mol. The Morgan fingerprint density at radius 1 is 1.67 bits per heavy atom. The molecule has 34 valence electrons. The summed E-state index contributed by atoms with van der Waals surface area (Å²) in [4.78, 5) is 3.54. The van der Waals surface area contributed by atoms with Crippen LogP contribution < -0.4 is 5.84 Å². The smallest absolute Gasteiger partial charge is 0.135 e. The van der Waals surface area contributed by atoms with Gasteiger partial charge < -0.3 is 5.84 Å². The highest BCUT2D eigenvalue weighted by atomic mass is 127. The zero-order valence-electron chi connectivity index (χ0n) is 3.00. The predicted octanol–water partition coefficient (Wildman–Crippen LogP) is 0.352. The third-order valence-corrected chi connectivity index (χ3v) is 0.511. The number of hydrazone groups is 1. The SMILES string of the molecule is N/N=C\N=CI. The molecule has 0 atom stereocenters. The van der Waals surface area contributed by atoms with Crippen molar-refractivity contribution >= 4 is 33.2 Å². The van der Waals surface area contributed by atoms with Crippen LogP contribution in [0.15, 0.2) is 10.1 Å². The Bertz CT molecular complexity index is 57.2. The van der Waals surface area contributed by atoms with Gasteiger partial charge in [-0.15, -0.1) is 0 Å². The van der Waals surface area contributed by atoms with Crippen molar-refractivity contribution in [1.82, 2.24) is 0 Å². The molecule has 3 nitrogen and oxygen atoms in total. The van der Waals surface area contributed by atoms with Gasteiger partial charge in [0.1, 0.15) is 6.34 Å². The molecule has 0 radical (unpaired) electrons. The molecule has 0 aliphatic rings. The lowest BCUT2D eigenvalue weighted by Gasteiger charge is -1.64. The molecule has 0 spiro atoms. The summed E-state index contributed by atoms with van der Waals surface area (Å²) in [7, 11) is 0. The van der Waals surface area contributed by atoms with Crippen LogP contribution >= 0.6 is 22.6 Å².